The van der Waals surface area contributed by atoms with E-state index in [1.807, 2.05) is 18.2 Å². The van der Waals surface area contributed by atoms with Gasteiger partial charge < -0.3 is 25.0 Å². The summed E-state index contributed by atoms with van der Waals surface area (Å²) >= 11 is 0. The van der Waals surface area contributed by atoms with Crippen molar-refractivity contribution in [1.29, 1.82) is 0 Å². The number of benzene rings is 1. The molecule has 0 spiro atoms. The molecule has 0 saturated carbocycles. The van der Waals surface area contributed by atoms with E-state index in [1.165, 1.54) is 6.42 Å². The van der Waals surface area contributed by atoms with E-state index in [2.05, 4.69) is 41.4 Å². The molecule has 1 heterocycles. The average molecular weight is 348 g/mol. The number of fused-ring (bicyclic) bond motifs is 1. The molecule has 0 atom stereocenters. The number of anilines is 1. The van der Waals surface area contributed by atoms with Crippen molar-refractivity contribution in [2.24, 2.45) is 4.99 Å². The summed E-state index contributed by atoms with van der Waals surface area (Å²) in [5.74, 6) is 2.36. The van der Waals surface area contributed by atoms with Crippen LogP contribution in [0.4, 0.5) is 5.69 Å². The number of rotatable bonds is 7. The first-order chi connectivity index (χ1) is 12.1. The number of nitrogens with zero attached hydrogens (tertiary/aromatic N) is 2. The van der Waals surface area contributed by atoms with Crippen molar-refractivity contribution in [3.05, 3.63) is 18.2 Å². The zero-order chi connectivity index (χ0) is 18.1. The topological polar surface area (TPSA) is 58.1 Å². The Morgan fingerprint density at radius 2 is 1.96 bits per heavy atom. The standard InChI is InChI=1S/C19H32N4O2/c1-15(2)23(4)11-6-5-10-21-19(20-3)22-16-8-9-17-18(14-16)25-13-7-12-24-17/h8-9,14-15H,5-7,10-13H2,1-4H3,(H2,20,21,22). The third-order valence-corrected chi connectivity index (χ3v) is 4.35. The average Bonchev–Trinajstić information content (AvgIpc) is 2.84. The van der Waals surface area contributed by atoms with Crippen LogP contribution in [0, 0.1) is 0 Å². The molecule has 140 valence electrons. The maximum Gasteiger partial charge on any atom is 0.195 e. The molecular formula is C19H32N4O2. The van der Waals surface area contributed by atoms with Crippen molar-refractivity contribution in [1.82, 2.24) is 10.2 Å². The SMILES string of the molecule is CN=C(NCCCCN(C)C(C)C)Nc1ccc2c(c1)OCCCO2. The van der Waals surface area contributed by atoms with Crippen LogP contribution in [0.1, 0.15) is 33.1 Å². The van der Waals surface area contributed by atoms with Gasteiger partial charge in [-0.3, -0.25) is 4.99 Å². The van der Waals surface area contributed by atoms with Crippen LogP contribution in [0.25, 0.3) is 0 Å². The van der Waals surface area contributed by atoms with Crippen molar-refractivity contribution in [3.63, 3.8) is 0 Å². The van der Waals surface area contributed by atoms with Crippen molar-refractivity contribution in [2.45, 2.75) is 39.2 Å². The molecule has 1 aromatic rings. The summed E-state index contributed by atoms with van der Waals surface area (Å²) in [6.45, 7) is 7.85. The normalized spacial score (nSPS) is 14.6. The van der Waals surface area contributed by atoms with E-state index in [4.69, 9.17) is 9.47 Å². The van der Waals surface area contributed by atoms with Gasteiger partial charge in [-0.2, -0.15) is 0 Å². The van der Waals surface area contributed by atoms with E-state index in [0.29, 0.717) is 19.3 Å². The van der Waals surface area contributed by atoms with Gasteiger partial charge in [0.05, 0.1) is 13.2 Å². The minimum absolute atomic E-state index is 0.599. The number of hydrogen-bond acceptors (Lipinski definition) is 4. The Kier molecular flexibility index (Phi) is 7.85. The van der Waals surface area contributed by atoms with Crippen LogP contribution in [-0.2, 0) is 0 Å². The maximum atomic E-state index is 5.73. The molecule has 0 saturated heterocycles. The molecule has 1 aromatic carbocycles. The van der Waals surface area contributed by atoms with E-state index in [-0.39, 0.29) is 0 Å². The minimum atomic E-state index is 0.599. The lowest BCUT2D eigenvalue weighted by Crippen LogP contribution is -2.32. The monoisotopic (exact) mass is 348 g/mol. The summed E-state index contributed by atoms with van der Waals surface area (Å²) in [5.41, 5.74) is 0.942. The molecule has 1 aliphatic rings. The summed E-state index contributed by atoms with van der Waals surface area (Å²) in [4.78, 5) is 6.65. The molecule has 6 heteroatoms. The molecule has 2 rings (SSSR count). The molecule has 0 aromatic heterocycles. The smallest absolute Gasteiger partial charge is 0.195 e. The van der Waals surface area contributed by atoms with Gasteiger partial charge in [-0.15, -0.1) is 0 Å². The third-order valence-electron chi connectivity index (χ3n) is 4.35. The highest BCUT2D eigenvalue weighted by atomic mass is 16.5. The molecule has 0 fully saturated rings. The summed E-state index contributed by atoms with van der Waals surface area (Å²) < 4.78 is 11.4. The van der Waals surface area contributed by atoms with Crippen LogP contribution < -0.4 is 20.1 Å². The number of aliphatic imine (C=N–C) groups is 1. The maximum absolute atomic E-state index is 5.73. The van der Waals surface area contributed by atoms with Gasteiger partial charge in [0.1, 0.15) is 0 Å². The molecular weight excluding hydrogens is 316 g/mol. The van der Waals surface area contributed by atoms with Crippen molar-refractivity contribution in [3.8, 4) is 11.5 Å². The van der Waals surface area contributed by atoms with Crippen molar-refractivity contribution in [2.75, 3.05) is 45.7 Å². The molecule has 1 aliphatic heterocycles. The molecule has 0 aliphatic carbocycles. The van der Waals surface area contributed by atoms with Crippen LogP contribution in [0.3, 0.4) is 0 Å². The van der Waals surface area contributed by atoms with E-state index in [0.717, 1.165) is 49.1 Å². The van der Waals surface area contributed by atoms with Crippen LogP contribution in [0.15, 0.2) is 23.2 Å². The fraction of sp³-hybridized carbons (Fsp3) is 0.632. The second-order valence-electron chi connectivity index (χ2n) is 6.62. The highest BCUT2D eigenvalue weighted by Crippen LogP contribution is 2.32. The lowest BCUT2D eigenvalue weighted by molar-refractivity contribution is 0.268. The largest absolute Gasteiger partial charge is 0.490 e. The summed E-state index contributed by atoms with van der Waals surface area (Å²) in [7, 11) is 3.95. The van der Waals surface area contributed by atoms with E-state index in [1.54, 1.807) is 7.05 Å². The fourth-order valence-electron chi connectivity index (χ4n) is 2.51. The van der Waals surface area contributed by atoms with E-state index >= 15 is 0 Å². The molecule has 0 bridgehead atoms. The van der Waals surface area contributed by atoms with Gasteiger partial charge in [-0.1, -0.05) is 0 Å². The second-order valence-corrected chi connectivity index (χ2v) is 6.62. The Morgan fingerprint density at radius 1 is 1.20 bits per heavy atom. The number of hydrogen-bond donors (Lipinski definition) is 2. The third kappa shape index (κ3) is 6.46. The van der Waals surface area contributed by atoms with Gasteiger partial charge >= 0.3 is 0 Å². The van der Waals surface area contributed by atoms with Gasteiger partial charge in [0.15, 0.2) is 17.5 Å². The number of unbranched alkanes of at least 4 members (excludes halogenated alkanes) is 1. The Morgan fingerprint density at radius 3 is 2.68 bits per heavy atom. The first-order valence-electron chi connectivity index (χ1n) is 9.17. The summed E-state index contributed by atoms with van der Waals surface area (Å²) in [6, 6.07) is 6.49. The van der Waals surface area contributed by atoms with Gasteiger partial charge in [0.2, 0.25) is 0 Å². The molecule has 0 amide bonds. The number of guanidine groups is 1. The van der Waals surface area contributed by atoms with Crippen LogP contribution in [-0.4, -0.2) is 57.3 Å². The van der Waals surface area contributed by atoms with Crippen LogP contribution in [0.2, 0.25) is 0 Å². The predicted molar refractivity (Wildman–Crippen MR) is 104 cm³/mol. The van der Waals surface area contributed by atoms with E-state index in [9.17, 15) is 0 Å². The van der Waals surface area contributed by atoms with Gasteiger partial charge in [-0.05, 0) is 52.4 Å². The Bertz CT molecular complexity index is 560. The highest BCUT2D eigenvalue weighted by molar-refractivity contribution is 5.93. The molecule has 0 unspecified atom stereocenters. The molecule has 6 nitrogen and oxygen atoms in total. The first kappa shape index (κ1) is 19.4. The molecule has 25 heavy (non-hydrogen) atoms. The Labute approximate surface area is 151 Å². The summed E-state index contributed by atoms with van der Waals surface area (Å²) in [5, 5.41) is 6.67. The Hall–Kier alpha value is -1.95. The van der Waals surface area contributed by atoms with Crippen LogP contribution in [0.5, 0.6) is 11.5 Å². The zero-order valence-corrected chi connectivity index (χ0v) is 16.0. The van der Waals surface area contributed by atoms with Crippen LogP contribution >= 0.6 is 0 Å². The lowest BCUT2D eigenvalue weighted by atomic mass is 10.2. The summed E-state index contributed by atoms with van der Waals surface area (Å²) in [6.07, 6.45) is 3.19. The lowest BCUT2D eigenvalue weighted by Gasteiger charge is -2.20. The van der Waals surface area contributed by atoms with Gasteiger partial charge in [0, 0.05) is 37.8 Å². The zero-order valence-electron chi connectivity index (χ0n) is 16.0. The fourth-order valence-corrected chi connectivity index (χ4v) is 2.51. The Balaban J connectivity index is 1.77. The van der Waals surface area contributed by atoms with Gasteiger partial charge in [0.25, 0.3) is 0 Å². The van der Waals surface area contributed by atoms with Gasteiger partial charge in [-0.25, -0.2) is 0 Å². The molecule has 0 radical (unpaired) electrons. The van der Waals surface area contributed by atoms with Crippen molar-refractivity contribution >= 4 is 11.6 Å². The van der Waals surface area contributed by atoms with Crippen molar-refractivity contribution < 1.29 is 9.47 Å². The second kappa shape index (κ2) is 10.1. The minimum Gasteiger partial charge on any atom is -0.490 e. The first-order valence-corrected chi connectivity index (χ1v) is 9.17. The molecule has 2 N–H and O–H groups in total. The number of ether oxygens (including phenoxy) is 2. The highest BCUT2D eigenvalue weighted by Gasteiger charge is 2.11. The quantitative estimate of drug-likeness (QED) is 0.451. The predicted octanol–water partition coefficient (Wildman–Crippen LogP) is 2.96. The van der Waals surface area contributed by atoms with E-state index < -0.39 is 0 Å². The number of nitrogens with one attached hydrogen (secondary N) is 2.